The molecule has 26 heavy (non-hydrogen) atoms. The average Bonchev–Trinajstić information content (AvgIpc) is 3.40. The molecule has 0 aromatic carbocycles. The molecule has 0 atom stereocenters. The first-order valence-corrected chi connectivity index (χ1v) is 10.4. The molecule has 3 aliphatic rings. The standard InChI is InChI=1S/C19H23N3O3S/c1-26-17-15(11-20)14(10-16(21-17)12-2-3-12)18(23)22-6-4-13(5-7-22)19-24-8-9-25-19/h10,12-13,19H,2-9H2,1H3. The van der Waals surface area contributed by atoms with Gasteiger partial charge in [0.15, 0.2) is 6.29 Å². The molecule has 3 heterocycles. The summed E-state index contributed by atoms with van der Waals surface area (Å²) in [6.07, 6.45) is 5.76. The Balaban J connectivity index is 1.52. The second-order valence-corrected chi connectivity index (χ2v) is 7.90. The van der Waals surface area contributed by atoms with Crippen LogP contribution in [0.25, 0.3) is 0 Å². The Morgan fingerprint density at radius 1 is 1.27 bits per heavy atom. The van der Waals surface area contributed by atoms with Gasteiger partial charge in [-0.05, 0) is 38.0 Å². The zero-order valence-electron chi connectivity index (χ0n) is 14.9. The molecule has 0 bridgehead atoms. The van der Waals surface area contributed by atoms with Crippen molar-refractivity contribution in [2.24, 2.45) is 5.92 Å². The van der Waals surface area contributed by atoms with E-state index in [1.807, 2.05) is 17.2 Å². The summed E-state index contributed by atoms with van der Waals surface area (Å²) in [7, 11) is 0. The number of carbonyl (C=O) groups excluding carboxylic acids is 1. The van der Waals surface area contributed by atoms with E-state index >= 15 is 0 Å². The van der Waals surface area contributed by atoms with Crippen LogP contribution in [0.3, 0.4) is 0 Å². The SMILES string of the molecule is CSc1nc(C2CC2)cc(C(=O)N2CCC(C3OCCO3)CC2)c1C#N. The monoisotopic (exact) mass is 373 g/mol. The number of hydrogen-bond donors (Lipinski definition) is 0. The second kappa shape index (κ2) is 7.55. The highest BCUT2D eigenvalue weighted by molar-refractivity contribution is 7.98. The Morgan fingerprint density at radius 2 is 1.96 bits per heavy atom. The van der Waals surface area contributed by atoms with E-state index in [4.69, 9.17) is 9.47 Å². The summed E-state index contributed by atoms with van der Waals surface area (Å²) in [5.74, 6) is 0.744. The van der Waals surface area contributed by atoms with Gasteiger partial charge in [0.1, 0.15) is 11.1 Å². The van der Waals surface area contributed by atoms with Gasteiger partial charge < -0.3 is 14.4 Å². The van der Waals surface area contributed by atoms with Gasteiger partial charge in [-0.25, -0.2) is 4.98 Å². The van der Waals surface area contributed by atoms with Crippen LogP contribution in [-0.2, 0) is 9.47 Å². The predicted molar refractivity (Wildman–Crippen MR) is 97.0 cm³/mol. The number of nitriles is 1. The van der Waals surface area contributed by atoms with Crippen molar-refractivity contribution in [1.29, 1.82) is 5.26 Å². The van der Waals surface area contributed by atoms with Gasteiger partial charge in [0, 0.05) is 30.6 Å². The third kappa shape index (κ3) is 3.46. The van der Waals surface area contributed by atoms with Crippen molar-refractivity contribution >= 4 is 17.7 Å². The number of pyridine rings is 1. The Kier molecular flexibility index (Phi) is 5.16. The number of likely N-dealkylation sites (tertiary alicyclic amines) is 1. The Morgan fingerprint density at radius 3 is 2.54 bits per heavy atom. The summed E-state index contributed by atoms with van der Waals surface area (Å²) in [6.45, 7) is 2.67. The molecule has 0 spiro atoms. The molecule has 1 aliphatic carbocycles. The minimum atomic E-state index is -0.118. The first-order valence-electron chi connectivity index (χ1n) is 9.22. The molecule has 0 unspecified atom stereocenters. The number of amides is 1. The first kappa shape index (κ1) is 17.8. The fourth-order valence-electron chi connectivity index (χ4n) is 3.75. The van der Waals surface area contributed by atoms with Crippen LogP contribution in [0.4, 0.5) is 0 Å². The smallest absolute Gasteiger partial charge is 0.255 e. The van der Waals surface area contributed by atoms with Gasteiger partial charge in [-0.15, -0.1) is 11.8 Å². The molecule has 1 saturated carbocycles. The van der Waals surface area contributed by atoms with Crippen molar-refractivity contribution in [3.63, 3.8) is 0 Å². The van der Waals surface area contributed by atoms with Gasteiger partial charge in [0.2, 0.25) is 0 Å². The Hall–Kier alpha value is -1.62. The summed E-state index contributed by atoms with van der Waals surface area (Å²) in [5, 5.41) is 10.3. The van der Waals surface area contributed by atoms with Crippen LogP contribution < -0.4 is 0 Å². The van der Waals surface area contributed by atoms with E-state index in [0.717, 1.165) is 31.4 Å². The number of nitrogens with zero attached hydrogens (tertiary/aromatic N) is 3. The van der Waals surface area contributed by atoms with Crippen LogP contribution in [-0.4, -0.2) is 54.6 Å². The van der Waals surface area contributed by atoms with Gasteiger partial charge in [-0.1, -0.05) is 0 Å². The van der Waals surface area contributed by atoms with E-state index < -0.39 is 0 Å². The molecular formula is C19H23N3O3S. The van der Waals surface area contributed by atoms with E-state index in [2.05, 4.69) is 11.1 Å². The lowest BCUT2D eigenvalue weighted by Crippen LogP contribution is -2.41. The number of thioether (sulfide) groups is 1. The summed E-state index contributed by atoms with van der Waals surface area (Å²) in [4.78, 5) is 19.6. The number of rotatable bonds is 4. The minimum Gasteiger partial charge on any atom is -0.350 e. The van der Waals surface area contributed by atoms with E-state index in [1.54, 1.807) is 0 Å². The zero-order valence-corrected chi connectivity index (χ0v) is 15.8. The average molecular weight is 373 g/mol. The Bertz CT molecular complexity index is 730. The van der Waals surface area contributed by atoms with Gasteiger partial charge in [0.05, 0.1) is 24.3 Å². The largest absolute Gasteiger partial charge is 0.350 e. The quantitative estimate of drug-likeness (QED) is 0.756. The van der Waals surface area contributed by atoms with Gasteiger partial charge >= 0.3 is 0 Å². The van der Waals surface area contributed by atoms with Crippen LogP contribution in [0.2, 0.25) is 0 Å². The van der Waals surface area contributed by atoms with E-state index in [1.165, 1.54) is 11.8 Å². The van der Waals surface area contributed by atoms with Gasteiger partial charge in [-0.2, -0.15) is 5.26 Å². The Labute approximate surface area is 157 Å². The summed E-state index contributed by atoms with van der Waals surface area (Å²) in [6, 6.07) is 4.06. The molecular weight excluding hydrogens is 350 g/mol. The zero-order chi connectivity index (χ0) is 18.1. The molecule has 1 aromatic rings. The lowest BCUT2D eigenvalue weighted by Gasteiger charge is -2.34. The second-order valence-electron chi connectivity index (χ2n) is 7.10. The summed E-state index contributed by atoms with van der Waals surface area (Å²) < 4.78 is 11.2. The summed E-state index contributed by atoms with van der Waals surface area (Å²) in [5.41, 5.74) is 1.89. The van der Waals surface area contributed by atoms with Crippen molar-refractivity contribution in [3.05, 3.63) is 22.9 Å². The number of carbonyl (C=O) groups is 1. The number of aromatic nitrogens is 1. The number of ether oxygens (including phenoxy) is 2. The molecule has 3 fully saturated rings. The first-order chi connectivity index (χ1) is 12.7. The van der Waals surface area contributed by atoms with Crippen molar-refractivity contribution in [3.8, 4) is 6.07 Å². The maximum absolute atomic E-state index is 13.1. The molecule has 0 radical (unpaired) electrons. The van der Waals surface area contributed by atoms with E-state index in [9.17, 15) is 10.1 Å². The maximum Gasteiger partial charge on any atom is 0.255 e. The van der Waals surface area contributed by atoms with E-state index in [0.29, 0.717) is 54.3 Å². The van der Waals surface area contributed by atoms with Crippen LogP contribution in [0.1, 0.15) is 53.2 Å². The minimum absolute atomic E-state index is 0.0483. The van der Waals surface area contributed by atoms with Crippen LogP contribution in [0.15, 0.2) is 11.1 Å². The van der Waals surface area contributed by atoms with Crippen LogP contribution in [0.5, 0.6) is 0 Å². The van der Waals surface area contributed by atoms with Crippen molar-refractivity contribution < 1.29 is 14.3 Å². The molecule has 4 rings (SSSR count). The highest BCUT2D eigenvalue weighted by Gasteiger charge is 2.34. The number of hydrogen-bond acceptors (Lipinski definition) is 6. The molecule has 7 heteroatoms. The maximum atomic E-state index is 13.1. The topological polar surface area (TPSA) is 75.5 Å². The molecule has 1 amide bonds. The molecule has 2 aliphatic heterocycles. The third-order valence-corrected chi connectivity index (χ3v) is 6.08. The predicted octanol–water partition coefficient (Wildman–Crippen LogP) is 2.78. The van der Waals surface area contributed by atoms with Gasteiger partial charge in [0.25, 0.3) is 5.91 Å². The summed E-state index contributed by atoms with van der Waals surface area (Å²) >= 11 is 1.44. The van der Waals surface area contributed by atoms with Crippen LogP contribution in [0, 0.1) is 17.2 Å². The highest BCUT2D eigenvalue weighted by atomic mass is 32.2. The van der Waals surface area contributed by atoms with Crippen LogP contribution >= 0.6 is 11.8 Å². The molecule has 2 saturated heterocycles. The molecule has 0 N–H and O–H groups in total. The van der Waals surface area contributed by atoms with Gasteiger partial charge in [-0.3, -0.25) is 4.79 Å². The molecule has 6 nitrogen and oxygen atoms in total. The fourth-order valence-corrected chi connectivity index (χ4v) is 4.30. The van der Waals surface area contributed by atoms with Crippen molar-refractivity contribution in [1.82, 2.24) is 9.88 Å². The lowest BCUT2D eigenvalue weighted by molar-refractivity contribution is -0.0956. The number of piperidine rings is 1. The fraction of sp³-hybridized carbons (Fsp3) is 0.632. The third-order valence-electron chi connectivity index (χ3n) is 5.40. The van der Waals surface area contributed by atoms with E-state index in [-0.39, 0.29) is 12.2 Å². The van der Waals surface area contributed by atoms with Crippen molar-refractivity contribution in [2.75, 3.05) is 32.6 Å². The normalized spacial score (nSPS) is 21.8. The molecule has 138 valence electrons. The molecule has 1 aromatic heterocycles. The lowest BCUT2D eigenvalue weighted by atomic mass is 9.95. The van der Waals surface area contributed by atoms with Crippen molar-refractivity contribution in [2.45, 2.75) is 42.9 Å². The highest BCUT2D eigenvalue weighted by Crippen LogP contribution is 2.41.